The molecule has 1 saturated carbocycles. The third kappa shape index (κ3) is 2.02. The van der Waals surface area contributed by atoms with Crippen LogP contribution >= 0.6 is 0 Å². The van der Waals surface area contributed by atoms with Crippen molar-refractivity contribution in [1.29, 1.82) is 0 Å². The molecule has 1 atom stereocenters. The molecule has 0 aromatic carbocycles. The van der Waals surface area contributed by atoms with Gasteiger partial charge in [-0.3, -0.25) is 4.79 Å². The van der Waals surface area contributed by atoms with Gasteiger partial charge in [0.2, 0.25) is 0 Å². The van der Waals surface area contributed by atoms with Gasteiger partial charge in [0, 0.05) is 12.3 Å². The van der Waals surface area contributed by atoms with Gasteiger partial charge in [-0.05, 0) is 23.7 Å². The highest BCUT2D eigenvalue weighted by molar-refractivity contribution is 5.82. The van der Waals surface area contributed by atoms with Crippen LogP contribution in [-0.2, 0) is 4.79 Å². The van der Waals surface area contributed by atoms with Gasteiger partial charge in [0.25, 0.3) is 0 Å². The van der Waals surface area contributed by atoms with Crippen LogP contribution in [0.15, 0.2) is 0 Å². The maximum atomic E-state index is 11.9. The second kappa shape index (κ2) is 3.67. The summed E-state index contributed by atoms with van der Waals surface area (Å²) in [5.41, 5.74) is 0.342. The van der Waals surface area contributed by atoms with Crippen LogP contribution in [0.5, 0.6) is 0 Å². The standard InChI is InChI=1S/C13H24O/c1-12(2,3)13(4,5)10-8-6-7-9-11(10)14/h10H,6-9H2,1-5H3. The van der Waals surface area contributed by atoms with E-state index in [9.17, 15) is 4.79 Å². The minimum atomic E-state index is 0.129. The van der Waals surface area contributed by atoms with E-state index in [0.29, 0.717) is 5.78 Å². The number of carbonyl (C=O) groups excluding carboxylic acids is 1. The summed E-state index contributed by atoms with van der Waals surface area (Å²) in [6, 6.07) is 0. The molecule has 0 aliphatic heterocycles. The van der Waals surface area contributed by atoms with Crippen LogP contribution in [0.2, 0.25) is 0 Å². The molecule has 1 unspecified atom stereocenters. The number of Topliss-reactive ketones (excluding diaryl/α,β-unsaturated/α-hetero) is 1. The van der Waals surface area contributed by atoms with Crippen LogP contribution in [0.3, 0.4) is 0 Å². The molecule has 0 heterocycles. The Bertz CT molecular complexity index is 220. The van der Waals surface area contributed by atoms with Crippen LogP contribution in [0.1, 0.15) is 60.3 Å². The molecule has 1 aliphatic rings. The second-order valence-electron chi connectivity index (χ2n) is 6.24. The first kappa shape index (κ1) is 11.7. The molecule has 0 aromatic heterocycles. The molecular weight excluding hydrogens is 172 g/mol. The van der Waals surface area contributed by atoms with E-state index in [1.54, 1.807) is 0 Å². The Morgan fingerprint density at radius 2 is 1.64 bits per heavy atom. The van der Waals surface area contributed by atoms with Crippen LogP contribution in [0, 0.1) is 16.7 Å². The van der Waals surface area contributed by atoms with Crippen molar-refractivity contribution >= 4 is 5.78 Å². The summed E-state index contributed by atoms with van der Waals surface area (Å²) in [5, 5.41) is 0. The molecule has 0 spiro atoms. The highest BCUT2D eigenvalue weighted by Crippen LogP contribution is 2.47. The molecule has 1 fully saturated rings. The zero-order valence-corrected chi connectivity index (χ0v) is 10.3. The lowest BCUT2D eigenvalue weighted by atomic mass is 9.58. The minimum absolute atomic E-state index is 0.129. The number of hydrogen-bond acceptors (Lipinski definition) is 1. The molecule has 14 heavy (non-hydrogen) atoms. The SMILES string of the molecule is CC(C)(C)C(C)(C)C1CCCCC1=O. The van der Waals surface area contributed by atoms with Gasteiger partial charge in [-0.2, -0.15) is 0 Å². The van der Waals surface area contributed by atoms with E-state index in [2.05, 4.69) is 34.6 Å². The van der Waals surface area contributed by atoms with E-state index in [-0.39, 0.29) is 16.7 Å². The topological polar surface area (TPSA) is 17.1 Å². The van der Waals surface area contributed by atoms with Crippen molar-refractivity contribution in [2.45, 2.75) is 60.3 Å². The monoisotopic (exact) mass is 196 g/mol. The Morgan fingerprint density at radius 1 is 1.07 bits per heavy atom. The Morgan fingerprint density at radius 3 is 2.07 bits per heavy atom. The van der Waals surface area contributed by atoms with Crippen molar-refractivity contribution < 1.29 is 4.79 Å². The largest absolute Gasteiger partial charge is 0.299 e. The molecule has 0 saturated heterocycles. The average Bonchev–Trinajstić information content (AvgIpc) is 2.02. The zero-order valence-electron chi connectivity index (χ0n) is 10.3. The van der Waals surface area contributed by atoms with Crippen molar-refractivity contribution in [3.63, 3.8) is 0 Å². The van der Waals surface area contributed by atoms with Crippen molar-refractivity contribution in [2.24, 2.45) is 16.7 Å². The first-order chi connectivity index (χ1) is 6.27. The van der Waals surface area contributed by atoms with E-state index in [4.69, 9.17) is 0 Å². The summed E-state index contributed by atoms with van der Waals surface area (Å²) in [6.45, 7) is 11.2. The molecule has 0 aromatic rings. The van der Waals surface area contributed by atoms with Gasteiger partial charge in [-0.25, -0.2) is 0 Å². The predicted octanol–water partition coefficient (Wildman–Crippen LogP) is 3.82. The number of carbonyl (C=O) groups is 1. The third-order valence-corrected chi connectivity index (χ3v) is 4.36. The molecule has 0 radical (unpaired) electrons. The number of ketones is 1. The minimum Gasteiger partial charge on any atom is -0.299 e. The Balaban J connectivity index is 2.85. The molecule has 0 N–H and O–H groups in total. The lowest BCUT2D eigenvalue weighted by molar-refractivity contribution is -0.132. The normalized spacial score (nSPS) is 25.2. The summed E-state index contributed by atoms with van der Waals surface area (Å²) in [6.07, 6.45) is 4.25. The summed E-state index contributed by atoms with van der Waals surface area (Å²) in [4.78, 5) is 11.9. The molecule has 1 nitrogen and oxygen atoms in total. The summed E-state index contributed by atoms with van der Waals surface area (Å²) < 4.78 is 0. The second-order valence-corrected chi connectivity index (χ2v) is 6.24. The molecule has 1 rings (SSSR count). The maximum absolute atomic E-state index is 11.9. The summed E-state index contributed by atoms with van der Waals surface area (Å²) >= 11 is 0. The summed E-state index contributed by atoms with van der Waals surface area (Å²) in [7, 11) is 0. The van der Waals surface area contributed by atoms with Crippen LogP contribution in [0.25, 0.3) is 0 Å². The van der Waals surface area contributed by atoms with E-state index < -0.39 is 0 Å². The fraction of sp³-hybridized carbons (Fsp3) is 0.923. The van der Waals surface area contributed by atoms with Crippen molar-refractivity contribution in [3.05, 3.63) is 0 Å². The van der Waals surface area contributed by atoms with E-state index in [1.807, 2.05) is 0 Å². The van der Waals surface area contributed by atoms with Gasteiger partial charge in [-0.1, -0.05) is 41.0 Å². The Kier molecular flexibility index (Phi) is 3.08. The predicted molar refractivity (Wildman–Crippen MR) is 60.2 cm³/mol. The molecule has 1 aliphatic carbocycles. The number of hydrogen-bond donors (Lipinski definition) is 0. The van der Waals surface area contributed by atoms with Gasteiger partial charge in [-0.15, -0.1) is 0 Å². The van der Waals surface area contributed by atoms with Crippen LogP contribution in [-0.4, -0.2) is 5.78 Å². The third-order valence-electron chi connectivity index (χ3n) is 4.36. The molecular formula is C13H24O. The van der Waals surface area contributed by atoms with Crippen molar-refractivity contribution in [2.75, 3.05) is 0 Å². The quantitative estimate of drug-likeness (QED) is 0.623. The first-order valence-corrected chi connectivity index (χ1v) is 5.79. The van der Waals surface area contributed by atoms with E-state index in [0.717, 1.165) is 19.3 Å². The fourth-order valence-corrected chi connectivity index (χ4v) is 2.27. The lowest BCUT2D eigenvalue weighted by Crippen LogP contribution is -2.42. The van der Waals surface area contributed by atoms with Gasteiger partial charge >= 0.3 is 0 Å². The van der Waals surface area contributed by atoms with E-state index >= 15 is 0 Å². The Labute approximate surface area is 88.3 Å². The molecule has 0 amide bonds. The van der Waals surface area contributed by atoms with Gasteiger partial charge in [0.1, 0.15) is 5.78 Å². The smallest absolute Gasteiger partial charge is 0.136 e. The van der Waals surface area contributed by atoms with Crippen LogP contribution in [0.4, 0.5) is 0 Å². The van der Waals surface area contributed by atoms with E-state index in [1.165, 1.54) is 6.42 Å². The van der Waals surface area contributed by atoms with Crippen molar-refractivity contribution in [3.8, 4) is 0 Å². The molecule has 0 bridgehead atoms. The van der Waals surface area contributed by atoms with Gasteiger partial charge in [0.15, 0.2) is 0 Å². The van der Waals surface area contributed by atoms with Gasteiger partial charge in [0.05, 0.1) is 0 Å². The number of rotatable bonds is 1. The summed E-state index contributed by atoms with van der Waals surface area (Å²) in [5.74, 6) is 0.785. The maximum Gasteiger partial charge on any atom is 0.136 e. The zero-order chi connectivity index (χ0) is 11.0. The van der Waals surface area contributed by atoms with Gasteiger partial charge < -0.3 is 0 Å². The average molecular weight is 196 g/mol. The molecule has 82 valence electrons. The highest BCUT2D eigenvalue weighted by atomic mass is 16.1. The molecule has 1 heteroatoms. The fourth-order valence-electron chi connectivity index (χ4n) is 2.27. The van der Waals surface area contributed by atoms with Crippen molar-refractivity contribution in [1.82, 2.24) is 0 Å². The lowest BCUT2D eigenvalue weighted by Gasteiger charge is -2.45. The van der Waals surface area contributed by atoms with Crippen LogP contribution < -0.4 is 0 Å². The first-order valence-electron chi connectivity index (χ1n) is 5.79. The highest BCUT2D eigenvalue weighted by Gasteiger charge is 2.43. The Hall–Kier alpha value is -0.330.